The molecule has 36 heavy (non-hydrogen) atoms. The van der Waals surface area contributed by atoms with Crippen LogP contribution in [0.5, 0.6) is 11.5 Å². The van der Waals surface area contributed by atoms with E-state index in [0.717, 1.165) is 82.7 Å². The first kappa shape index (κ1) is 30.1. The van der Waals surface area contributed by atoms with Crippen LogP contribution < -0.4 is 19.7 Å². The molecule has 1 aliphatic carbocycles. The number of nitrogens with zero attached hydrogens (tertiary/aromatic N) is 2. The molecule has 200 valence electrons. The van der Waals surface area contributed by atoms with Gasteiger partial charge in [-0.3, -0.25) is 9.69 Å². The molecule has 0 radical (unpaired) electrons. The van der Waals surface area contributed by atoms with Crippen LogP contribution in [0.3, 0.4) is 0 Å². The number of carbonyl (C=O) groups is 1. The molecule has 1 atom stereocenters. The molecule has 2 aliphatic rings. The normalized spacial score (nSPS) is 17.3. The highest BCUT2D eigenvalue weighted by Gasteiger charge is 2.25. The van der Waals surface area contributed by atoms with E-state index in [2.05, 4.69) is 33.3 Å². The number of benzene rings is 2. The minimum atomic E-state index is 0. The van der Waals surface area contributed by atoms with E-state index in [1.54, 1.807) is 14.2 Å². The van der Waals surface area contributed by atoms with Gasteiger partial charge in [-0.1, -0.05) is 30.7 Å². The number of piperazine rings is 1. The second-order valence-electron chi connectivity index (χ2n) is 9.36. The van der Waals surface area contributed by atoms with Gasteiger partial charge in [-0.25, -0.2) is 0 Å². The van der Waals surface area contributed by atoms with Gasteiger partial charge in [0.15, 0.2) is 0 Å². The third-order valence-corrected chi connectivity index (χ3v) is 7.18. The molecule has 1 fully saturated rings. The highest BCUT2D eigenvalue weighted by molar-refractivity contribution is 5.85. The number of ether oxygens (including phenoxy) is 2. The molecule has 0 saturated carbocycles. The lowest BCUT2D eigenvalue weighted by Crippen LogP contribution is -2.46. The van der Waals surface area contributed by atoms with Crippen LogP contribution in [0, 0.1) is 0 Å². The summed E-state index contributed by atoms with van der Waals surface area (Å²) in [6, 6.07) is 14.5. The maximum atomic E-state index is 12.6. The molecule has 6 nitrogen and oxygen atoms in total. The monoisotopic (exact) mass is 537 g/mol. The molecule has 4 rings (SSSR count). The molecular weight excluding hydrogens is 497 g/mol. The van der Waals surface area contributed by atoms with Crippen molar-refractivity contribution in [3.63, 3.8) is 0 Å². The number of amides is 1. The van der Waals surface area contributed by atoms with Gasteiger partial charge >= 0.3 is 0 Å². The lowest BCUT2D eigenvalue weighted by Gasteiger charge is -2.36. The Hall–Kier alpha value is -2.15. The van der Waals surface area contributed by atoms with Gasteiger partial charge in [0.25, 0.3) is 0 Å². The molecule has 2 aromatic rings. The number of halogens is 2. The van der Waals surface area contributed by atoms with Crippen molar-refractivity contribution >= 4 is 36.4 Å². The Morgan fingerprint density at radius 1 is 0.917 bits per heavy atom. The minimum Gasteiger partial charge on any atom is -0.496 e. The van der Waals surface area contributed by atoms with Crippen molar-refractivity contribution in [2.45, 2.75) is 51.0 Å². The maximum Gasteiger partial charge on any atom is 0.220 e. The second kappa shape index (κ2) is 15.2. The lowest BCUT2D eigenvalue weighted by atomic mass is 9.87. The molecule has 1 heterocycles. The number of hydrogen-bond donors (Lipinski definition) is 1. The molecule has 1 saturated heterocycles. The van der Waals surface area contributed by atoms with Crippen molar-refractivity contribution in [2.24, 2.45) is 0 Å². The third-order valence-electron chi connectivity index (χ3n) is 7.18. The molecule has 1 aliphatic heterocycles. The number of fused-ring (bicyclic) bond motifs is 1. The first-order chi connectivity index (χ1) is 16.7. The van der Waals surface area contributed by atoms with Crippen LogP contribution in [-0.2, 0) is 11.2 Å². The highest BCUT2D eigenvalue weighted by Crippen LogP contribution is 2.36. The number of rotatable bonds is 10. The van der Waals surface area contributed by atoms with Crippen LogP contribution >= 0.6 is 24.8 Å². The lowest BCUT2D eigenvalue weighted by molar-refractivity contribution is -0.122. The summed E-state index contributed by atoms with van der Waals surface area (Å²) in [4.78, 5) is 17.6. The van der Waals surface area contributed by atoms with Gasteiger partial charge < -0.3 is 19.7 Å². The number of para-hydroxylation sites is 2. The fraction of sp³-hybridized carbons (Fsp3) is 0.536. The van der Waals surface area contributed by atoms with Crippen LogP contribution in [0.2, 0.25) is 0 Å². The summed E-state index contributed by atoms with van der Waals surface area (Å²) in [5.74, 6) is 2.01. The first-order valence-electron chi connectivity index (χ1n) is 12.7. The smallest absolute Gasteiger partial charge is 0.220 e. The fourth-order valence-corrected chi connectivity index (χ4v) is 5.33. The first-order valence-corrected chi connectivity index (χ1v) is 12.7. The van der Waals surface area contributed by atoms with Gasteiger partial charge in [-0.15, -0.1) is 24.8 Å². The fourth-order valence-electron chi connectivity index (χ4n) is 5.33. The summed E-state index contributed by atoms with van der Waals surface area (Å²) in [6.45, 7) is 5.29. The number of anilines is 1. The minimum absolute atomic E-state index is 0. The summed E-state index contributed by atoms with van der Waals surface area (Å²) in [5, 5.41) is 3.27. The predicted octanol–water partition coefficient (Wildman–Crippen LogP) is 5.42. The van der Waals surface area contributed by atoms with Crippen LogP contribution in [0.25, 0.3) is 0 Å². The van der Waals surface area contributed by atoms with Crippen LogP contribution in [0.1, 0.15) is 55.7 Å². The van der Waals surface area contributed by atoms with Crippen LogP contribution in [-0.4, -0.2) is 57.8 Å². The van der Waals surface area contributed by atoms with Gasteiger partial charge in [0.1, 0.15) is 11.5 Å². The number of hydrogen-bond acceptors (Lipinski definition) is 5. The van der Waals surface area contributed by atoms with E-state index in [1.165, 1.54) is 16.8 Å². The number of methoxy groups -OCH3 is 2. The molecule has 0 spiro atoms. The van der Waals surface area contributed by atoms with E-state index >= 15 is 0 Å². The summed E-state index contributed by atoms with van der Waals surface area (Å²) < 4.78 is 11.1. The van der Waals surface area contributed by atoms with Crippen molar-refractivity contribution in [2.75, 3.05) is 51.8 Å². The van der Waals surface area contributed by atoms with Crippen molar-refractivity contribution in [1.82, 2.24) is 10.2 Å². The summed E-state index contributed by atoms with van der Waals surface area (Å²) in [5.41, 5.74) is 3.67. The van der Waals surface area contributed by atoms with E-state index in [4.69, 9.17) is 9.47 Å². The number of carbonyl (C=O) groups excluding carboxylic acids is 1. The largest absolute Gasteiger partial charge is 0.496 e. The molecule has 1 unspecified atom stereocenters. The van der Waals surface area contributed by atoms with Crippen molar-refractivity contribution < 1.29 is 14.3 Å². The molecule has 1 N–H and O–H groups in total. The van der Waals surface area contributed by atoms with Gasteiger partial charge in [0.05, 0.1) is 25.9 Å². The zero-order valence-corrected chi connectivity index (χ0v) is 23.2. The van der Waals surface area contributed by atoms with Gasteiger partial charge in [-0.2, -0.15) is 0 Å². The van der Waals surface area contributed by atoms with Crippen molar-refractivity contribution in [3.05, 3.63) is 53.6 Å². The number of aryl methyl sites for hydroxylation is 1. The summed E-state index contributed by atoms with van der Waals surface area (Å²) in [6.07, 6.45) is 6.93. The Morgan fingerprint density at radius 2 is 1.64 bits per heavy atom. The Balaban J connectivity index is 0.00000228. The van der Waals surface area contributed by atoms with Crippen LogP contribution in [0.15, 0.2) is 42.5 Å². The summed E-state index contributed by atoms with van der Waals surface area (Å²) in [7, 11) is 3.45. The van der Waals surface area contributed by atoms with Crippen molar-refractivity contribution in [3.8, 4) is 11.5 Å². The molecule has 1 amide bonds. The quantitative estimate of drug-likeness (QED) is 0.410. The zero-order chi connectivity index (χ0) is 23.8. The van der Waals surface area contributed by atoms with Gasteiger partial charge in [0, 0.05) is 38.2 Å². The Kier molecular flexibility index (Phi) is 12.7. The topological polar surface area (TPSA) is 54.0 Å². The van der Waals surface area contributed by atoms with Crippen molar-refractivity contribution in [1.29, 1.82) is 0 Å². The summed E-state index contributed by atoms with van der Waals surface area (Å²) >= 11 is 0. The van der Waals surface area contributed by atoms with E-state index in [-0.39, 0.29) is 36.8 Å². The van der Waals surface area contributed by atoms with Gasteiger partial charge in [-0.05, 0) is 62.4 Å². The molecule has 2 aromatic carbocycles. The average molecular weight is 539 g/mol. The Bertz CT molecular complexity index is 937. The predicted molar refractivity (Wildman–Crippen MR) is 151 cm³/mol. The molecule has 8 heteroatoms. The van der Waals surface area contributed by atoms with Crippen LogP contribution in [0.4, 0.5) is 5.69 Å². The average Bonchev–Trinajstić information content (AvgIpc) is 2.88. The molecule has 0 bridgehead atoms. The highest BCUT2D eigenvalue weighted by atomic mass is 35.5. The van der Waals surface area contributed by atoms with E-state index in [0.29, 0.717) is 6.42 Å². The second-order valence-corrected chi connectivity index (χ2v) is 9.36. The van der Waals surface area contributed by atoms with E-state index in [9.17, 15) is 4.79 Å². The third kappa shape index (κ3) is 7.67. The molecular formula is C28H41Cl2N3O3. The van der Waals surface area contributed by atoms with E-state index < -0.39 is 0 Å². The number of unbranched alkanes of at least 4 members (excludes halogenated alkanes) is 2. The van der Waals surface area contributed by atoms with E-state index in [1.807, 2.05) is 24.3 Å². The van der Waals surface area contributed by atoms with Gasteiger partial charge in [0.2, 0.25) is 5.91 Å². The molecule has 0 aromatic heterocycles. The zero-order valence-electron chi connectivity index (χ0n) is 21.5. The Labute approximate surface area is 228 Å². The number of nitrogens with one attached hydrogen (secondary N) is 1. The SMILES string of the molecule is COc1ccccc1N1CCN(CCCCCC(=O)NC2CCCc3cccc(OC)c32)CC1.Cl.Cl. The Morgan fingerprint density at radius 3 is 2.39 bits per heavy atom. The standard InChI is InChI=1S/C28H39N3O3.2ClH/c1-33-25-14-6-5-13-24(25)31-20-18-30(19-21-31)17-7-3-4-16-27(32)29-23-12-8-10-22-11-9-15-26(34-2)28(22)23;;/h5-6,9,11,13-15,23H,3-4,7-8,10,12,16-21H2,1-2H3,(H,29,32);2*1H. The maximum absolute atomic E-state index is 12.6.